The summed E-state index contributed by atoms with van der Waals surface area (Å²) in [7, 11) is 1.82. The van der Waals surface area contributed by atoms with E-state index in [9.17, 15) is 4.39 Å². The Morgan fingerprint density at radius 2 is 2.27 bits per heavy atom. The Kier molecular flexibility index (Phi) is 3.02. The third-order valence-corrected chi connectivity index (χ3v) is 3.62. The number of thiazole rings is 1. The van der Waals surface area contributed by atoms with Crippen molar-refractivity contribution in [1.29, 1.82) is 0 Å². The maximum atomic E-state index is 12.9. The Labute approximate surface area is 99.3 Å². The van der Waals surface area contributed by atoms with E-state index < -0.39 is 0 Å². The number of hydrogen-bond acceptors (Lipinski definition) is 3. The third kappa shape index (κ3) is 2.18. The van der Waals surface area contributed by atoms with Gasteiger partial charge in [0, 0.05) is 23.3 Å². The van der Waals surface area contributed by atoms with Crippen molar-refractivity contribution in [3.05, 3.63) is 34.7 Å². The first-order chi connectivity index (χ1) is 7.20. The predicted molar refractivity (Wildman–Crippen MR) is 64.8 cm³/mol. The van der Waals surface area contributed by atoms with Gasteiger partial charge in [-0.25, -0.2) is 9.37 Å². The lowest BCUT2D eigenvalue weighted by Crippen LogP contribution is -1.83. The van der Waals surface area contributed by atoms with Gasteiger partial charge in [-0.2, -0.15) is 0 Å². The van der Waals surface area contributed by atoms with Crippen LogP contribution in [-0.4, -0.2) is 12.0 Å². The van der Waals surface area contributed by atoms with Gasteiger partial charge in [-0.1, -0.05) is 27.3 Å². The second-order valence-electron chi connectivity index (χ2n) is 2.90. The minimum atomic E-state index is -0.246. The highest BCUT2D eigenvalue weighted by molar-refractivity contribution is 9.10. The monoisotopic (exact) mass is 286 g/mol. The SMILES string of the molecule is CNc1ncc(-c2ccc(F)cc2Br)s1. The lowest BCUT2D eigenvalue weighted by molar-refractivity contribution is 0.627. The Hall–Kier alpha value is -0.940. The molecule has 1 heterocycles. The molecule has 2 rings (SSSR count). The molecule has 0 unspecified atom stereocenters. The van der Waals surface area contributed by atoms with Gasteiger partial charge in [0.2, 0.25) is 0 Å². The summed E-state index contributed by atoms with van der Waals surface area (Å²) in [5.41, 5.74) is 0.954. The molecule has 0 aliphatic rings. The second kappa shape index (κ2) is 4.28. The molecule has 0 saturated carbocycles. The molecular formula is C10H8BrFN2S. The van der Waals surface area contributed by atoms with Crippen LogP contribution in [0.4, 0.5) is 9.52 Å². The smallest absolute Gasteiger partial charge is 0.182 e. The van der Waals surface area contributed by atoms with E-state index in [1.165, 1.54) is 23.5 Å². The molecule has 1 aromatic carbocycles. The van der Waals surface area contributed by atoms with Gasteiger partial charge in [0.25, 0.3) is 0 Å². The fourth-order valence-corrected chi connectivity index (χ4v) is 2.71. The molecule has 1 N–H and O–H groups in total. The van der Waals surface area contributed by atoms with Gasteiger partial charge >= 0.3 is 0 Å². The van der Waals surface area contributed by atoms with Crippen LogP contribution in [0.5, 0.6) is 0 Å². The van der Waals surface area contributed by atoms with Crippen molar-refractivity contribution >= 4 is 32.4 Å². The second-order valence-corrected chi connectivity index (χ2v) is 4.79. The van der Waals surface area contributed by atoms with Crippen LogP contribution in [0.15, 0.2) is 28.9 Å². The third-order valence-electron chi connectivity index (χ3n) is 1.92. The molecule has 0 fully saturated rings. The normalized spacial score (nSPS) is 10.3. The summed E-state index contributed by atoms with van der Waals surface area (Å²) in [4.78, 5) is 5.17. The van der Waals surface area contributed by atoms with Crippen LogP contribution in [0.25, 0.3) is 10.4 Å². The minimum Gasteiger partial charge on any atom is -0.365 e. The quantitative estimate of drug-likeness (QED) is 0.909. The zero-order valence-electron chi connectivity index (χ0n) is 7.92. The molecule has 15 heavy (non-hydrogen) atoms. The van der Waals surface area contributed by atoms with E-state index >= 15 is 0 Å². The van der Waals surface area contributed by atoms with Crippen molar-refractivity contribution < 1.29 is 4.39 Å². The first-order valence-electron chi connectivity index (χ1n) is 4.29. The first kappa shape index (κ1) is 10.6. The molecule has 0 saturated heterocycles. The zero-order valence-corrected chi connectivity index (χ0v) is 10.3. The maximum absolute atomic E-state index is 12.9. The molecule has 0 atom stereocenters. The van der Waals surface area contributed by atoms with E-state index in [4.69, 9.17) is 0 Å². The van der Waals surface area contributed by atoms with Crippen molar-refractivity contribution in [3.8, 4) is 10.4 Å². The summed E-state index contributed by atoms with van der Waals surface area (Å²) in [6, 6.07) is 4.64. The van der Waals surface area contributed by atoms with E-state index in [0.717, 1.165) is 20.0 Å². The number of nitrogens with one attached hydrogen (secondary N) is 1. The number of benzene rings is 1. The molecule has 0 aliphatic heterocycles. The Bertz CT molecular complexity index is 484. The van der Waals surface area contributed by atoms with Gasteiger partial charge in [-0.3, -0.25) is 0 Å². The van der Waals surface area contributed by atoms with Crippen molar-refractivity contribution in [2.75, 3.05) is 12.4 Å². The lowest BCUT2D eigenvalue weighted by Gasteiger charge is -2.00. The summed E-state index contributed by atoms with van der Waals surface area (Å²) >= 11 is 4.86. The van der Waals surface area contributed by atoms with Crippen LogP contribution in [0, 0.1) is 5.82 Å². The topological polar surface area (TPSA) is 24.9 Å². The summed E-state index contributed by atoms with van der Waals surface area (Å²) in [6.45, 7) is 0. The number of halogens is 2. The zero-order chi connectivity index (χ0) is 10.8. The van der Waals surface area contributed by atoms with Crippen molar-refractivity contribution in [1.82, 2.24) is 4.98 Å². The fraction of sp³-hybridized carbons (Fsp3) is 0.100. The average molecular weight is 287 g/mol. The largest absolute Gasteiger partial charge is 0.365 e. The predicted octanol–water partition coefficient (Wildman–Crippen LogP) is 3.75. The molecule has 0 aliphatic carbocycles. The summed E-state index contributed by atoms with van der Waals surface area (Å²) in [5, 5.41) is 3.81. The minimum absolute atomic E-state index is 0.246. The van der Waals surface area contributed by atoms with Gasteiger partial charge in [-0.15, -0.1) is 0 Å². The van der Waals surface area contributed by atoms with Gasteiger partial charge in [-0.05, 0) is 18.2 Å². The number of nitrogens with zero attached hydrogens (tertiary/aromatic N) is 1. The van der Waals surface area contributed by atoms with E-state index in [0.29, 0.717) is 0 Å². The number of rotatable bonds is 2. The van der Waals surface area contributed by atoms with Gasteiger partial charge in [0.1, 0.15) is 5.82 Å². The molecule has 78 valence electrons. The Morgan fingerprint density at radius 1 is 1.47 bits per heavy atom. The standard InChI is InChI=1S/C10H8BrFN2S/c1-13-10-14-5-9(15-10)7-3-2-6(12)4-8(7)11/h2-5H,1H3,(H,13,14). The summed E-state index contributed by atoms with van der Waals surface area (Å²) in [5.74, 6) is -0.246. The van der Waals surface area contributed by atoms with Crippen molar-refractivity contribution in [3.63, 3.8) is 0 Å². The lowest BCUT2D eigenvalue weighted by atomic mass is 10.2. The Morgan fingerprint density at radius 3 is 2.87 bits per heavy atom. The van der Waals surface area contributed by atoms with Gasteiger partial charge in [0.15, 0.2) is 5.13 Å². The highest BCUT2D eigenvalue weighted by Crippen LogP contribution is 2.34. The number of hydrogen-bond donors (Lipinski definition) is 1. The van der Waals surface area contributed by atoms with E-state index in [-0.39, 0.29) is 5.82 Å². The highest BCUT2D eigenvalue weighted by atomic mass is 79.9. The van der Waals surface area contributed by atoms with Crippen LogP contribution >= 0.6 is 27.3 Å². The molecule has 0 amide bonds. The number of aromatic nitrogens is 1. The molecule has 5 heteroatoms. The maximum Gasteiger partial charge on any atom is 0.182 e. The van der Waals surface area contributed by atoms with Crippen LogP contribution in [-0.2, 0) is 0 Å². The van der Waals surface area contributed by atoms with Gasteiger partial charge < -0.3 is 5.32 Å². The molecule has 0 spiro atoms. The highest BCUT2D eigenvalue weighted by Gasteiger charge is 2.07. The molecule has 2 aromatic rings. The van der Waals surface area contributed by atoms with Crippen LogP contribution in [0.2, 0.25) is 0 Å². The number of anilines is 1. The Balaban J connectivity index is 2.44. The molecule has 0 bridgehead atoms. The molecular weight excluding hydrogens is 279 g/mol. The summed E-state index contributed by atoms with van der Waals surface area (Å²) < 4.78 is 13.6. The van der Waals surface area contributed by atoms with E-state index in [1.807, 2.05) is 7.05 Å². The van der Waals surface area contributed by atoms with Gasteiger partial charge in [0.05, 0.1) is 4.88 Å². The van der Waals surface area contributed by atoms with E-state index in [1.54, 1.807) is 12.3 Å². The first-order valence-corrected chi connectivity index (χ1v) is 5.90. The van der Waals surface area contributed by atoms with Crippen LogP contribution in [0.1, 0.15) is 0 Å². The van der Waals surface area contributed by atoms with Crippen LogP contribution in [0.3, 0.4) is 0 Å². The van der Waals surface area contributed by atoms with E-state index in [2.05, 4.69) is 26.2 Å². The summed E-state index contributed by atoms with van der Waals surface area (Å²) in [6.07, 6.45) is 1.77. The molecule has 0 radical (unpaired) electrons. The average Bonchev–Trinajstić information content (AvgIpc) is 2.66. The van der Waals surface area contributed by atoms with Crippen LogP contribution < -0.4 is 5.32 Å². The van der Waals surface area contributed by atoms with Crippen molar-refractivity contribution in [2.45, 2.75) is 0 Å². The molecule has 1 aromatic heterocycles. The fourth-order valence-electron chi connectivity index (χ4n) is 1.20. The molecule has 2 nitrogen and oxygen atoms in total. The van der Waals surface area contributed by atoms with Crippen molar-refractivity contribution in [2.24, 2.45) is 0 Å².